The monoisotopic (exact) mass is 380 g/mol. The maximum Gasteiger partial charge on any atom is 0.417 e. The molecule has 1 aliphatic rings. The Labute approximate surface area is 153 Å². The number of halogens is 3. The van der Waals surface area contributed by atoms with E-state index in [1.54, 1.807) is 12.1 Å². The Morgan fingerprint density at radius 1 is 1.30 bits per heavy atom. The van der Waals surface area contributed by atoms with Crippen molar-refractivity contribution < 1.29 is 22.7 Å². The molecule has 9 heteroatoms. The number of hydrogen-bond donors (Lipinski definition) is 2. The van der Waals surface area contributed by atoms with Gasteiger partial charge in [-0.15, -0.1) is 0 Å². The number of benzene rings is 1. The van der Waals surface area contributed by atoms with Crippen molar-refractivity contribution in [3.63, 3.8) is 0 Å². The van der Waals surface area contributed by atoms with Crippen molar-refractivity contribution in [1.29, 1.82) is 0 Å². The summed E-state index contributed by atoms with van der Waals surface area (Å²) in [6.07, 6.45) is -3.31. The molecular formula is C18H19F3N4O2. The van der Waals surface area contributed by atoms with Crippen LogP contribution in [0.3, 0.4) is 0 Å². The van der Waals surface area contributed by atoms with Gasteiger partial charge in [0.15, 0.2) is 0 Å². The van der Waals surface area contributed by atoms with Crippen molar-refractivity contribution in [2.75, 3.05) is 18.0 Å². The topological polar surface area (TPSA) is 94.5 Å². The van der Waals surface area contributed by atoms with Gasteiger partial charge < -0.3 is 21.1 Å². The standard InChI is InChI=1S/C18H19F3N4O2/c19-18(20,21)12-2-4-16(24-9-12)27-13-5-6-25(10-13)15-3-1-11(8-22)7-14(15)17(23)26/h1-4,7,9,13H,5-6,8,10,22H2,(H2,23,26)/t13-/m1/s1. The first kappa shape index (κ1) is 19.0. The molecule has 1 aromatic heterocycles. The molecule has 144 valence electrons. The number of pyridine rings is 1. The molecule has 2 heterocycles. The molecular weight excluding hydrogens is 361 g/mol. The largest absolute Gasteiger partial charge is 0.472 e. The number of anilines is 1. The Kier molecular flexibility index (Phi) is 5.22. The molecule has 0 radical (unpaired) electrons. The van der Waals surface area contributed by atoms with E-state index in [-0.39, 0.29) is 12.0 Å². The average Bonchev–Trinajstić information content (AvgIpc) is 3.09. The zero-order valence-corrected chi connectivity index (χ0v) is 14.4. The lowest BCUT2D eigenvalue weighted by Crippen LogP contribution is -2.27. The van der Waals surface area contributed by atoms with E-state index in [0.717, 1.165) is 17.8 Å². The lowest BCUT2D eigenvalue weighted by atomic mass is 10.1. The van der Waals surface area contributed by atoms with Crippen molar-refractivity contribution in [3.8, 4) is 5.88 Å². The maximum atomic E-state index is 12.6. The first-order chi connectivity index (χ1) is 12.8. The predicted molar refractivity (Wildman–Crippen MR) is 93.3 cm³/mol. The third-order valence-electron chi connectivity index (χ3n) is 4.40. The molecule has 4 N–H and O–H groups in total. The van der Waals surface area contributed by atoms with Crippen LogP contribution < -0.4 is 21.1 Å². The van der Waals surface area contributed by atoms with Gasteiger partial charge in [0, 0.05) is 37.5 Å². The first-order valence-electron chi connectivity index (χ1n) is 8.35. The Morgan fingerprint density at radius 2 is 2.07 bits per heavy atom. The van der Waals surface area contributed by atoms with Crippen LogP contribution in [0, 0.1) is 0 Å². The molecule has 2 aromatic rings. The minimum absolute atomic E-state index is 0.128. The number of carbonyl (C=O) groups excluding carboxylic acids is 1. The van der Waals surface area contributed by atoms with Gasteiger partial charge >= 0.3 is 6.18 Å². The summed E-state index contributed by atoms with van der Waals surface area (Å²) in [5.74, 6) is -0.419. The molecule has 0 spiro atoms. The molecule has 3 rings (SSSR count). The van der Waals surface area contributed by atoms with Crippen molar-refractivity contribution >= 4 is 11.6 Å². The van der Waals surface area contributed by atoms with E-state index in [1.165, 1.54) is 6.07 Å². The molecule has 0 unspecified atom stereocenters. The Morgan fingerprint density at radius 3 is 2.67 bits per heavy atom. The second kappa shape index (κ2) is 7.43. The fourth-order valence-corrected chi connectivity index (χ4v) is 3.01. The van der Waals surface area contributed by atoms with Crippen LogP contribution in [0.5, 0.6) is 5.88 Å². The fraction of sp³-hybridized carbons (Fsp3) is 0.333. The highest BCUT2D eigenvalue weighted by atomic mass is 19.4. The highest BCUT2D eigenvalue weighted by molar-refractivity contribution is 5.99. The van der Waals surface area contributed by atoms with E-state index in [9.17, 15) is 18.0 Å². The number of amides is 1. The third kappa shape index (κ3) is 4.30. The van der Waals surface area contributed by atoms with E-state index in [0.29, 0.717) is 37.3 Å². The van der Waals surface area contributed by atoms with Crippen molar-refractivity contribution in [2.24, 2.45) is 11.5 Å². The maximum absolute atomic E-state index is 12.6. The van der Waals surface area contributed by atoms with E-state index in [2.05, 4.69) is 4.98 Å². The van der Waals surface area contributed by atoms with Gasteiger partial charge in [0.05, 0.1) is 17.7 Å². The average molecular weight is 380 g/mol. The predicted octanol–water partition coefficient (Wildman–Crippen LogP) is 2.32. The number of nitrogens with zero attached hydrogens (tertiary/aromatic N) is 2. The van der Waals surface area contributed by atoms with Crippen LogP contribution in [0.2, 0.25) is 0 Å². The number of aromatic nitrogens is 1. The molecule has 1 atom stereocenters. The summed E-state index contributed by atoms with van der Waals surface area (Å²) in [6, 6.07) is 7.43. The summed E-state index contributed by atoms with van der Waals surface area (Å²) in [5, 5.41) is 0. The van der Waals surface area contributed by atoms with Crippen LogP contribution >= 0.6 is 0 Å². The number of hydrogen-bond acceptors (Lipinski definition) is 5. The fourth-order valence-electron chi connectivity index (χ4n) is 3.01. The van der Waals surface area contributed by atoms with Gasteiger partial charge in [0.2, 0.25) is 5.88 Å². The van der Waals surface area contributed by atoms with E-state index < -0.39 is 17.6 Å². The summed E-state index contributed by atoms with van der Waals surface area (Å²) < 4.78 is 43.4. The number of nitrogens with two attached hydrogens (primary N) is 2. The molecule has 1 amide bonds. The number of ether oxygens (including phenoxy) is 1. The molecule has 6 nitrogen and oxygen atoms in total. The Balaban J connectivity index is 1.69. The lowest BCUT2D eigenvalue weighted by molar-refractivity contribution is -0.137. The molecule has 0 aliphatic carbocycles. The minimum Gasteiger partial charge on any atom is -0.472 e. The summed E-state index contributed by atoms with van der Waals surface area (Å²) in [4.78, 5) is 17.4. The number of alkyl halides is 3. The summed E-state index contributed by atoms with van der Waals surface area (Å²) in [5.41, 5.74) is 12.1. The smallest absolute Gasteiger partial charge is 0.417 e. The van der Waals surface area contributed by atoms with Crippen LogP contribution in [0.4, 0.5) is 18.9 Å². The first-order valence-corrected chi connectivity index (χ1v) is 8.35. The number of primary amides is 1. The van der Waals surface area contributed by atoms with Gasteiger partial charge in [0.25, 0.3) is 5.91 Å². The molecule has 0 saturated carbocycles. The molecule has 0 bridgehead atoms. The number of rotatable bonds is 5. The van der Waals surface area contributed by atoms with E-state index >= 15 is 0 Å². The van der Waals surface area contributed by atoms with Gasteiger partial charge in [-0.25, -0.2) is 4.98 Å². The van der Waals surface area contributed by atoms with Crippen LogP contribution in [0.25, 0.3) is 0 Å². The normalized spacial score (nSPS) is 17.2. The third-order valence-corrected chi connectivity index (χ3v) is 4.40. The van der Waals surface area contributed by atoms with Crippen molar-refractivity contribution in [1.82, 2.24) is 4.98 Å². The lowest BCUT2D eigenvalue weighted by Gasteiger charge is -2.21. The van der Waals surface area contributed by atoms with Crippen molar-refractivity contribution in [2.45, 2.75) is 25.2 Å². The van der Waals surface area contributed by atoms with Crippen LogP contribution in [0.15, 0.2) is 36.5 Å². The SMILES string of the molecule is NCc1ccc(N2CC[C@@H](Oc3ccc(C(F)(F)F)cn3)C2)c(C(N)=O)c1. The molecule has 27 heavy (non-hydrogen) atoms. The van der Waals surface area contributed by atoms with Crippen LogP contribution in [-0.4, -0.2) is 30.1 Å². The van der Waals surface area contributed by atoms with Gasteiger partial charge in [0.1, 0.15) is 6.10 Å². The number of carbonyl (C=O) groups is 1. The molecule has 1 fully saturated rings. The summed E-state index contributed by atoms with van der Waals surface area (Å²) in [7, 11) is 0. The zero-order valence-electron chi connectivity index (χ0n) is 14.4. The minimum atomic E-state index is -4.43. The van der Waals surface area contributed by atoms with Gasteiger partial charge in [-0.05, 0) is 23.8 Å². The highest BCUT2D eigenvalue weighted by Gasteiger charge is 2.31. The van der Waals surface area contributed by atoms with Crippen molar-refractivity contribution in [3.05, 3.63) is 53.2 Å². The van der Waals surface area contributed by atoms with Gasteiger partial charge in [-0.2, -0.15) is 13.2 Å². The van der Waals surface area contributed by atoms with E-state index in [1.807, 2.05) is 11.0 Å². The second-order valence-electron chi connectivity index (χ2n) is 6.28. The second-order valence-corrected chi connectivity index (χ2v) is 6.28. The van der Waals surface area contributed by atoms with Crippen LogP contribution in [0.1, 0.15) is 27.9 Å². The van der Waals surface area contributed by atoms with Crippen LogP contribution in [-0.2, 0) is 12.7 Å². The summed E-state index contributed by atoms with van der Waals surface area (Å²) >= 11 is 0. The molecule has 1 aliphatic heterocycles. The zero-order chi connectivity index (χ0) is 19.6. The molecule has 1 saturated heterocycles. The Hall–Kier alpha value is -2.81. The van der Waals surface area contributed by atoms with Gasteiger partial charge in [-0.1, -0.05) is 6.07 Å². The molecule has 1 aromatic carbocycles. The Bertz CT molecular complexity index is 824. The van der Waals surface area contributed by atoms with Gasteiger partial charge in [-0.3, -0.25) is 4.79 Å². The highest BCUT2D eigenvalue weighted by Crippen LogP contribution is 2.30. The van der Waals surface area contributed by atoms with E-state index in [4.69, 9.17) is 16.2 Å². The quantitative estimate of drug-likeness (QED) is 0.830. The summed E-state index contributed by atoms with van der Waals surface area (Å²) in [6.45, 7) is 1.38.